The number of unbranched alkanes of at least 4 members (excludes halogenated alkanes) is 17. The number of hydrogen-bond acceptors (Lipinski definition) is 1. The average molecular weight is 539 g/mol. The van der Waals surface area contributed by atoms with Crippen molar-refractivity contribution >= 4 is 8.32 Å². The molecule has 0 radical (unpaired) electrons. The fourth-order valence-electron chi connectivity index (χ4n) is 5.31. The van der Waals surface area contributed by atoms with Crippen LogP contribution in [0.5, 0.6) is 0 Å². The molecule has 0 bridgehead atoms. The van der Waals surface area contributed by atoms with Crippen molar-refractivity contribution in [3.63, 3.8) is 0 Å². The van der Waals surface area contributed by atoms with Crippen LogP contribution in [0.1, 0.15) is 190 Å². The van der Waals surface area contributed by atoms with Gasteiger partial charge in [0.05, 0.1) is 0 Å². The van der Waals surface area contributed by atoms with Gasteiger partial charge < -0.3 is 4.43 Å². The summed E-state index contributed by atoms with van der Waals surface area (Å²) in [6, 6.07) is 0. The molecule has 0 heterocycles. The standard InChI is InChI=1S/C35H74OSi/c1-10-11-12-13-14-15-16-17-18-19-20-21-23-26-29-32(2)30-27-24-22-25-28-31-33(3)34(4)36-37(8,9)35(5,6)7/h32-34H,10-31H2,1-9H3/t32?,33-,34+/m0/s1. The van der Waals surface area contributed by atoms with Gasteiger partial charge in [-0.25, -0.2) is 0 Å². The molecule has 0 aromatic rings. The minimum Gasteiger partial charge on any atom is -0.414 e. The summed E-state index contributed by atoms with van der Waals surface area (Å²) >= 11 is 0. The lowest BCUT2D eigenvalue weighted by atomic mass is 9.95. The molecule has 0 rings (SSSR count). The first-order valence-electron chi connectivity index (χ1n) is 17.2. The van der Waals surface area contributed by atoms with Crippen LogP contribution in [0, 0.1) is 11.8 Å². The van der Waals surface area contributed by atoms with Gasteiger partial charge in [-0.2, -0.15) is 0 Å². The molecule has 0 saturated carbocycles. The molecule has 0 aliphatic rings. The Morgan fingerprint density at radius 3 is 1.19 bits per heavy atom. The van der Waals surface area contributed by atoms with Crippen LogP contribution in [0.2, 0.25) is 18.1 Å². The zero-order valence-electron chi connectivity index (χ0n) is 27.7. The van der Waals surface area contributed by atoms with E-state index >= 15 is 0 Å². The highest BCUT2D eigenvalue weighted by molar-refractivity contribution is 6.74. The second kappa shape index (κ2) is 22.9. The van der Waals surface area contributed by atoms with E-state index in [1.54, 1.807) is 0 Å². The second-order valence-electron chi connectivity index (χ2n) is 14.4. The molecule has 0 aromatic heterocycles. The lowest BCUT2D eigenvalue weighted by Gasteiger charge is -2.40. The molecular formula is C35H74OSi. The van der Waals surface area contributed by atoms with E-state index in [-0.39, 0.29) is 0 Å². The van der Waals surface area contributed by atoms with Crippen LogP contribution in [0.25, 0.3) is 0 Å². The summed E-state index contributed by atoms with van der Waals surface area (Å²) in [5, 5.41) is 0.310. The quantitative estimate of drug-likeness (QED) is 0.0785. The molecule has 0 fully saturated rings. The summed E-state index contributed by atoms with van der Waals surface area (Å²) in [5.41, 5.74) is 0. The first kappa shape index (κ1) is 37.2. The van der Waals surface area contributed by atoms with E-state index in [1.165, 1.54) is 141 Å². The Kier molecular flexibility index (Phi) is 23.0. The second-order valence-corrected chi connectivity index (χ2v) is 19.2. The Morgan fingerprint density at radius 1 is 0.514 bits per heavy atom. The largest absolute Gasteiger partial charge is 0.414 e. The van der Waals surface area contributed by atoms with E-state index in [9.17, 15) is 0 Å². The molecule has 2 heteroatoms. The fraction of sp³-hybridized carbons (Fsp3) is 1.00. The Bertz CT molecular complexity index is 480. The van der Waals surface area contributed by atoms with Gasteiger partial charge in [-0.3, -0.25) is 0 Å². The molecule has 0 aliphatic heterocycles. The highest BCUT2D eigenvalue weighted by Crippen LogP contribution is 2.38. The summed E-state index contributed by atoms with van der Waals surface area (Å²) in [4.78, 5) is 0. The van der Waals surface area contributed by atoms with Crippen molar-refractivity contribution in [3.05, 3.63) is 0 Å². The van der Waals surface area contributed by atoms with E-state index in [0.717, 1.165) is 5.92 Å². The van der Waals surface area contributed by atoms with Crippen molar-refractivity contribution in [3.8, 4) is 0 Å². The molecule has 0 saturated heterocycles. The Morgan fingerprint density at radius 2 is 0.838 bits per heavy atom. The SMILES string of the molecule is CCCCCCCCCCCCCCCCC(C)CCCCCCC[C@H](C)[C@@H](C)O[Si](C)(C)C(C)(C)C. The smallest absolute Gasteiger partial charge is 0.192 e. The van der Waals surface area contributed by atoms with Crippen LogP contribution in [0.3, 0.4) is 0 Å². The van der Waals surface area contributed by atoms with Gasteiger partial charge in [-0.15, -0.1) is 0 Å². The molecule has 1 nitrogen and oxygen atoms in total. The fourth-order valence-corrected chi connectivity index (χ4v) is 6.83. The first-order valence-corrected chi connectivity index (χ1v) is 20.1. The minimum atomic E-state index is -1.64. The van der Waals surface area contributed by atoms with Crippen LogP contribution in [0.15, 0.2) is 0 Å². The topological polar surface area (TPSA) is 9.23 Å². The van der Waals surface area contributed by atoms with Crippen LogP contribution in [-0.4, -0.2) is 14.4 Å². The number of hydrogen-bond donors (Lipinski definition) is 0. The van der Waals surface area contributed by atoms with E-state index in [2.05, 4.69) is 61.6 Å². The van der Waals surface area contributed by atoms with Crippen molar-refractivity contribution in [2.24, 2.45) is 11.8 Å². The van der Waals surface area contributed by atoms with Crippen LogP contribution in [0.4, 0.5) is 0 Å². The average Bonchev–Trinajstić information content (AvgIpc) is 2.82. The molecule has 224 valence electrons. The van der Waals surface area contributed by atoms with E-state index in [0.29, 0.717) is 17.1 Å². The van der Waals surface area contributed by atoms with Gasteiger partial charge in [-0.05, 0) is 43.3 Å². The third-order valence-electron chi connectivity index (χ3n) is 9.49. The van der Waals surface area contributed by atoms with E-state index < -0.39 is 8.32 Å². The van der Waals surface area contributed by atoms with Gasteiger partial charge in [0.1, 0.15) is 0 Å². The molecule has 3 atom stereocenters. The van der Waals surface area contributed by atoms with E-state index in [1.807, 2.05) is 0 Å². The maximum atomic E-state index is 6.61. The summed E-state index contributed by atoms with van der Waals surface area (Å²) in [6.45, 7) is 21.3. The zero-order valence-corrected chi connectivity index (χ0v) is 28.7. The first-order chi connectivity index (χ1) is 17.5. The molecule has 0 amide bonds. The lowest BCUT2D eigenvalue weighted by molar-refractivity contribution is 0.136. The van der Waals surface area contributed by atoms with Crippen molar-refractivity contribution in [2.45, 2.75) is 214 Å². The van der Waals surface area contributed by atoms with Crippen LogP contribution >= 0.6 is 0 Å². The maximum absolute atomic E-state index is 6.61. The Labute approximate surface area is 238 Å². The molecule has 37 heavy (non-hydrogen) atoms. The van der Waals surface area contributed by atoms with Gasteiger partial charge in [0.2, 0.25) is 0 Å². The molecule has 1 unspecified atom stereocenters. The van der Waals surface area contributed by atoms with Gasteiger partial charge in [-0.1, -0.05) is 176 Å². The van der Waals surface area contributed by atoms with Gasteiger partial charge in [0, 0.05) is 6.10 Å². The molecular weight excluding hydrogens is 464 g/mol. The molecule has 0 N–H and O–H groups in total. The van der Waals surface area contributed by atoms with Crippen molar-refractivity contribution in [2.75, 3.05) is 0 Å². The summed E-state index contributed by atoms with van der Waals surface area (Å²) in [5.74, 6) is 1.62. The van der Waals surface area contributed by atoms with Crippen LogP contribution < -0.4 is 0 Å². The maximum Gasteiger partial charge on any atom is 0.192 e. The van der Waals surface area contributed by atoms with E-state index in [4.69, 9.17) is 4.43 Å². The van der Waals surface area contributed by atoms with Crippen molar-refractivity contribution in [1.29, 1.82) is 0 Å². The predicted molar refractivity (Wildman–Crippen MR) is 173 cm³/mol. The summed E-state index contributed by atoms with van der Waals surface area (Å²) in [7, 11) is -1.64. The van der Waals surface area contributed by atoms with Crippen LogP contribution in [-0.2, 0) is 4.43 Å². The van der Waals surface area contributed by atoms with Gasteiger partial charge in [0.15, 0.2) is 8.32 Å². The van der Waals surface area contributed by atoms with Crippen molar-refractivity contribution < 1.29 is 4.43 Å². The summed E-state index contributed by atoms with van der Waals surface area (Å²) in [6.07, 6.45) is 32.2. The Hall–Kier alpha value is 0.177. The number of rotatable bonds is 26. The summed E-state index contributed by atoms with van der Waals surface area (Å²) < 4.78 is 6.61. The zero-order chi connectivity index (χ0) is 28.0. The monoisotopic (exact) mass is 539 g/mol. The molecule has 0 spiro atoms. The van der Waals surface area contributed by atoms with Gasteiger partial charge >= 0.3 is 0 Å². The minimum absolute atomic E-state index is 0.310. The van der Waals surface area contributed by atoms with Gasteiger partial charge in [0.25, 0.3) is 0 Å². The normalized spacial score (nSPS) is 15.2. The predicted octanol–water partition coefficient (Wildman–Crippen LogP) is 13.3. The third kappa shape index (κ3) is 21.7. The van der Waals surface area contributed by atoms with Crippen molar-refractivity contribution in [1.82, 2.24) is 0 Å². The Balaban J connectivity index is 3.48. The third-order valence-corrected chi connectivity index (χ3v) is 14.1. The molecule has 0 aromatic carbocycles. The highest BCUT2D eigenvalue weighted by atomic mass is 28.4. The molecule has 0 aliphatic carbocycles. The highest BCUT2D eigenvalue weighted by Gasteiger charge is 2.39. The lowest BCUT2D eigenvalue weighted by Crippen LogP contribution is -2.44.